The first kappa shape index (κ1) is 15.5. The molecule has 0 aromatic carbocycles. The largest absolute Gasteiger partial charge is 0.501 e. The van der Waals surface area contributed by atoms with Gasteiger partial charge in [0.1, 0.15) is 0 Å². The summed E-state index contributed by atoms with van der Waals surface area (Å²) in [5.41, 5.74) is 0. The maximum absolute atomic E-state index is 11.5. The Bertz CT molecular complexity index is 331. The Kier molecular flexibility index (Phi) is 6.95. The van der Waals surface area contributed by atoms with Gasteiger partial charge in [-0.3, -0.25) is 10.1 Å². The maximum atomic E-state index is 11.5. The van der Waals surface area contributed by atoms with Crippen molar-refractivity contribution in [2.24, 2.45) is 11.8 Å². The van der Waals surface area contributed by atoms with Gasteiger partial charge in [-0.15, -0.1) is 0 Å². The van der Waals surface area contributed by atoms with Crippen LogP contribution in [-0.2, 0) is 9.53 Å². The molecule has 0 spiro atoms. The number of carbonyl (C=O) groups is 2. The number of amides is 3. The number of aliphatic hydroxyl groups is 1. The van der Waals surface area contributed by atoms with Crippen molar-refractivity contribution in [2.45, 2.75) is 26.2 Å². The predicted octanol–water partition coefficient (Wildman–Crippen LogP) is 0.771. The molecule has 0 saturated heterocycles. The van der Waals surface area contributed by atoms with E-state index in [1.807, 2.05) is 0 Å². The topological polar surface area (TPSA) is 87.7 Å². The molecule has 1 aliphatic rings. The average molecular weight is 270 g/mol. The van der Waals surface area contributed by atoms with Crippen molar-refractivity contribution in [3.05, 3.63) is 12.3 Å². The number of ether oxygens (including phenoxy) is 1. The zero-order chi connectivity index (χ0) is 14.1. The molecule has 1 aliphatic carbocycles. The maximum Gasteiger partial charge on any atom is 0.321 e. The van der Waals surface area contributed by atoms with Gasteiger partial charge in [0.05, 0.1) is 12.9 Å². The van der Waals surface area contributed by atoms with Crippen molar-refractivity contribution in [3.8, 4) is 0 Å². The molecular formula is C13H22N2O4. The Balaban J connectivity index is 2.22. The van der Waals surface area contributed by atoms with Crippen molar-refractivity contribution < 1.29 is 19.4 Å². The number of imide groups is 1. The van der Waals surface area contributed by atoms with Gasteiger partial charge in [-0.05, 0) is 31.6 Å². The van der Waals surface area contributed by atoms with Crippen LogP contribution in [0.3, 0.4) is 0 Å². The average Bonchev–Trinajstić information content (AvgIpc) is 2.84. The highest BCUT2D eigenvalue weighted by Gasteiger charge is 2.26. The number of urea groups is 1. The predicted molar refractivity (Wildman–Crippen MR) is 70.2 cm³/mol. The molecule has 0 bridgehead atoms. The van der Waals surface area contributed by atoms with Crippen molar-refractivity contribution in [3.63, 3.8) is 0 Å². The summed E-state index contributed by atoms with van der Waals surface area (Å²) in [4.78, 5) is 22.7. The molecule has 0 aliphatic heterocycles. The van der Waals surface area contributed by atoms with Gasteiger partial charge < -0.3 is 15.2 Å². The minimum atomic E-state index is -0.519. The monoisotopic (exact) mass is 270 g/mol. The Hall–Kier alpha value is -1.56. The summed E-state index contributed by atoms with van der Waals surface area (Å²) in [6.07, 6.45) is 5.50. The molecule has 0 aromatic rings. The van der Waals surface area contributed by atoms with E-state index in [-0.39, 0.29) is 12.5 Å². The molecule has 1 rings (SSSR count). The quantitative estimate of drug-likeness (QED) is 0.491. The van der Waals surface area contributed by atoms with E-state index < -0.39 is 11.9 Å². The molecule has 0 heterocycles. The van der Waals surface area contributed by atoms with E-state index in [4.69, 9.17) is 9.84 Å². The molecule has 1 saturated carbocycles. The molecule has 6 heteroatoms. The van der Waals surface area contributed by atoms with E-state index in [9.17, 15) is 9.59 Å². The zero-order valence-electron chi connectivity index (χ0n) is 11.2. The molecule has 0 unspecified atom stereocenters. The second kappa shape index (κ2) is 8.53. The summed E-state index contributed by atoms with van der Waals surface area (Å²) >= 11 is 0. The molecule has 19 heavy (non-hydrogen) atoms. The fraction of sp³-hybridized carbons (Fsp3) is 0.692. The van der Waals surface area contributed by atoms with Crippen LogP contribution in [0.4, 0.5) is 4.79 Å². The van der Waals surface area contributed by atoms with Crippen LogP contribution in [0.1, 0.15) is 26.2 Å². The van der Waals surface area contributed by atoms with Gasteiger partial charge in [0.25, 0.3) is 5.91 Å². The van der Waals surface area contributed by atoms with Crippen molar-refractivity contribution in [1.29, 1.82) is 0 Å². The summed E-state index contributed by atoms with van der Waals surface area (Å²) in [6.45, 7) is 2.91. The summed E-state index contributed by atoms with van der Waals surface area (Å²) in [7, 11) is 0. The lowest BCUT2D eigenvalue weighted by molar-refractivity contribution is -0.115. The van der Waals surface area contributed by atoms with Gasteiger partial charge in [-0.1, -0.05) is 6.42 Å². The van der Waals surface area contributed by atoms with Crippen LogP contribution >= 0.6 is 0 Å². The van der Waals surface area contributed by atoms with Crippen LogP contribution < -0.4 is 10.6 Å². The molecule has 2 atom stereocenters. The molecule has 6 nitrogen and oxygen atoms in total. The van der Waals surface area contributed by atoms with E-state index in [0.717, 1.165) is 25.3 Å². The van der Waals surface area contributed by atoms with E-state index >= 15 is 0 Å². The third-order valence-electron chi connectivity index (χ3n) is 3.29. The van der Waals surface area contributed by atoms with E-state index in [1.165, 1.54) is 6.26 Å². The van der Waals surface area contributed by atoms with Gasteiger partial charge in [0.15, 0.2) is 0 Å². The van der Waals surface area contributed by atoms with Crippen LogP contribution in [0.25, 0.3) is 0 Å². The van der Waals surface area contributed by atoms with Crippen LogP contribution in [0, 0.1) is 11.8 Å². The third kappa shape index (κ3) is 5.74. The Morgan fingerprint density at radius 3 is 2.79 bits per heavy atom. The van der Waals surface area contributed by atoms with Crippen LogP contribution in [0.5, 0.6) is 0 Å². The fourth-order valence-corrected chi connectivity index (χ4v) is 2.25. The smallest absolute Gasteiger partial charge is 0.321 e. The second-order valence-corrected chi connectivity index (χ2v) is 4.59. The molecular weight excluding hydrogens is 248 g/mol. The number of hydrogen-bond donors (Lipinski definition) is 3. The summed E-state index contributed by atoms with van der Waals surface area (Å²) in [6, 6.07) is -0.519. The Morgan fingerprint density at radius 1 is 1.37 bits per heavy atom. The highest BCUT2D eigenvalue weighted by atomic mass is 16.5. The first-order chi connectivity index (χ1) is 9.17. The molecule has 1 fully saturated rings. The zero-order valence-corrected chi connectivity index (χ0v) is 11.2. The minimum absolute atomic E-state index is 0.157. The highest BCUT2D eigenvalue weighted by Crippen LogP contribution is 2.30. The second-order valence-electron chi connectivity index (χ2n) is 4.59. The van der Waals surface area contributed by atoms with Gasteiger partial charge in [-0.2, -0.15) is 0 Å². The summed E-state index contributed by atoms with van der Waals surface area (Å²) < 4.78 is 4.85. The number of aliphatic hydroxyl groups excluding tert-OH is 1. The highest BCUT2D eigenvalue weighted by molar-refractivity contribution is 6.00. The number of rotatable bonds is 6. The van der Waals surface area contributed by atoms with Crippen LogP contribution in [0.15, 0.2) is 12.3 Å². The fourth-order valence-electron chi connectivity index (χ4n) is 2.25. The molecule has 0 radical (unpaired) electrons. The van der Waals surface area contributed by atoms with Gasteiger partial charge in [0.2, 0.25) is 0 Å². The standard InChI is InChI=1S/C13H22N2O4/c1-2-19-7-6-12(17)15-13(18)14-8-10-4-3-5-11(10)9-16/h6-7,10-11,16H,2-5,8-9H2,1H3,(H2,14,15,17,18)/b7-6+/t10-,11+/m0/s1. The van der Waals surface area contributed by atoms with E-state index in [2.05, 4.69) is 10.6 Å². The molecule has 108 valence electrons. The van der Waals surface area contributed by atoms with Crippen molar-refractivity contribution >= 4 is 11.9 Å². The first-order valence-electron chi connectivity index (χ1n) is 6.65. The number of carbonyl (C=O) groups excluding carboxylic acids is 2. The minimum Gasteiger partial charge on any atom is -0.501 e. The van der Waals surface area contributed by atoms with Crippen LogP contribution in [-0.4, -0.2) is 36.8 Å². The van der Waals surface area contributed by atoms with E-state index in [1.54, 1.807) is 6.92 Å². The molecule has 3 N–H and O–H groups in total. The first-order valence-corrected chi connectivity index (χ1v) is 6.65. The number of nitrogens with one attached hydrogen (secondary N) is 2. The third-order valence-corrected chi connectivity index (χ3v) is 3.29. The van der Waals surface area contributed by atoms with Crippen LogP contribution in [0.2, 0.25) is 0 Å². The molecule has 0 aromatic heterocycles. The van der Waals surface area contributed by atoms with E-state index in [0.29, 0.717) is 19.1 Å². The Labute approximate surface area is 113 Å². The van der Waals surface area contributed by atoms with Crippen molar-refractivity contribution in [2.75, 3.05) is 19.8 Å². The summed E-state index contributed by atoms with van der Waals surface area (Å²) in [5, 5.41) is 14.0. The van der Waals surface area contributed by atoms with Gasteiger partial charge >= 0.3 is 6.03 Å². The van der Waals surface area contributed by atoms with Gasteiger partial charge in [0, 0.05) is 19.2 Å². The SMILES string of the molecule is CCO/C=C/C(=O)NC(=O)NC[C@@H]1CCC[C@@H]1CO. The van der Waals surface area contributed by atoms with Crippen molar-refractivity contribution in [1.82, 2.24) is 10.6 Å². The Morgan fingerprint density at radius 2 is 2.11 bits per heavy atom. The van der Waals surface area contributed by atoms with Gasteiger partial charge in [-0.25, -0.2) is 4.79 Å². The molecule has 3 amide bonds. The lowest BCUT2D eigenvalue weighted by Gasteiger charge is -2.17. The summed E-state index contributed by atoms with van der Waals surface area (Å²) in [5.74, 6) is 0.0368. The number of hydrogen-bond acceptors (Lipinski definition) is 4. The lowest BCUT2D eigenvalue weighted by Crippen LogP contribution is -2.41. The lowest BCUT2D eigenvalue weighted by atomic mass is 9.97. The normalized spacial score (nSPS) is 22.4.